The minimum absolute atomic E-state index is 0.615. The van der Waals surface area contributed by atoms with E-state index in [1.807, 2.05) is 6.20 Å². The van der Waals surface area contributed by atoms with Crippen LogP contribution in [0.3, 0.4) is 0 Å². The van der Waals surface area contributed by atoms with Crippen LogP contribution in [0, 0.1) is 12.8 Å². The lowest BCUT2D eigenvalue weighted by molar-refractivity contribution is 0.0875. The Hall–Kier alpha value is -0.970. The third kappa shape index (κ3) is 5.06. The van der Waals surface area contributed by atoms with Gasteiger partial charge in [-0.05, 0) is 31.5 Å². The lowest BCUT2D eigenvalue weighted by atomic mass is 10.0. The second-order valence-corrected chi connectivity index (χ2v) is 6.61. The van der Waals surface area contributed by atoms with Crippen LogP contribution in [0.5, 0.6) is 0 Å². The first-order valence-corrected chi connectivity index (χ1v) is 8.11. The molecule has 1 unspecified atom stereocenters. The highest BCUT2D eigenvalue weighted by molar-refractivity contribution is 5.11. The third-order valence-electron chi connectivity index (χ3n) is 4.41. The summed E-state index contributed by atoms with van der Waals surface area (Å²) < 4.78 is 0. The molecule has 0 spiro atoms. The molecule has 1 aromatic rings. The van der Waals surface area contributed by atoms with Gasteiger partial charge in [0.05, 0.1) is 5.69 Å². The molecule has 4 nitrogen and oxygen atoms in total. The van der Waals surface area contributed by atoms with E-state index in [1.165, 1.54) is 31.7 Å². The first kappa shape index (κ1) is 16.4. The molecule has 21 heavy (non-hydrogen) atoms. The molecule has 0 radical (unpaired) electrons. The Morgan fingerprint density at radius 2 is 1.90 bits per heavy atom. The molecular formula is C17H30N4. The number of piperazine rings is 1. The van der Waals surface area contributed by atoms with Crippen molar-refractivity contribution in [1.29, 1.82) is 0 Å². The highest BCUT2D eigenvalue weighted by atomic mass is 15.3. The fraction of sp³-hybridized carbons (Fsp3) is 0.706. The van der Waals surface area contributed by atoms with Crippen LogP contribution < -0.4 is 5.32 Å². The summed E-state index contributed by atoms with van der Waals surface area (Å²) in [4.78, 5) is 9.51. The van der Waals surface area contributed by atoms with Gasteiger partial charge < -0.3 is 10.2 Å². The molecule has 2 rings (SSSR count). The number of rotatable bonds is 6. The van der Waals surface area contributed by atoms with Crippen LogP contribution in [-0.4, -0.2) is 60.6 Å². The maximum Gasteiger partial charge on any atom is 0.0541 e. The van der Waals surface area contributed by atoms with E-state index in [-0.39, 0.29) is 0 Å². The molecule has 1 aliphatic rings. The Labute approximate surface area is 129 Å². The number of hydrogen-bond acceptors (Lipinski definition) is 4. The van der Waals surface area contributed by atoms with Crippen molar-refractivity contribution in [3.05, 3.63) is 29.6 Å². The van der Waals surface area contributed by atoms with Gasteiger partial charge in [0, 0.05) is 51.5 Å². The van der Waals surface area contributed by atoms with Crippen molar-refractivity contribution in [1.82, 2.24) is 20.1 Å². The summed E-state index contributed by atoms with van der Waals surface area (Å²) >= 11 is 0. The van der Waals surface area contributed by atoms with Crippen molar-refractivity contribution in [2.24, 2.45) is 5.92 Å². The summed E-state index contributed by atoms with van der Waals surface area (Å²) in [6.07, 6.45) is 1.94. The number of aryl methyl sites for hydroxylation is 1. The Kier molecular flexibility index (Phi) is 6.15. The zero-order chi connectivity index (χ0) is 15.2. The molecule has 1 atom stereocenters. The zero-order valence-corrected chi connectivity index (χ0v) is 14.0. The normalized spacial score (nSPS) is 19.1. The number of hydrogen-bond donors (Lipinski definition) is 1. The highest BCUT2D eigenvalue weighted by Crippen LogP contribution is 2.13. The monoisotopic (exact) mass is 290 g/mol. The molecule has 1 saturated heterocycles. The van der Waals surface area contributed by atoms with Gasteiger partial charge in [0.1, 0.15) is 0 Å². The molecule has 4 heteroatoms. The number of pyridine rings is 1. The van der Waals surface area contributed by atoms with Crippen molar-refractivity contribution in [2.45, 2.75) is 33.4 Å². The number of nitrogens with one attached hydrogen (secondary N) is 1. The quantitative estimate of drug-likeness (QED) is 0.865. The molecule has 118 valence electrons. The maximum absolute atomic E-state index is 4.46. The zero-order valence-electron chi connectivity index (χ0n) is 14.0. The Balaban J connectivity index is 1.81. The molecule has 0 aliphatic carbocycles. The van der Waals surface area contributed by atoms with Crippen molar-refractivity contribution < 1.29 is 0 Å². The minimum Gasteiger partial charge on any atom is -0.310 e. The van der Waals surface area contributed by atoms with Gasteiger partial charge in [-0.25, -0.2) is 0 Å². The van der Waals surface area contributed by atoms with Gasteiger partial charge in [0.15, 0.2) is 0 Å². The average Bonchev–Trinajstić information content (AvgIpc) is 2.46. The minimum atomic E-state index is 0.615. The molecule has 0 amide bonds. The van der Waals surface area contributed by atoms with Crippen LogP contribution in [0.15, 0.2) is 18.3 Å². The summed E-state index contributed by atoms with van der Waals surface area (Å²) in [5.74, 6) is 0.673. The van der Waals surface area contributed by atoms with Crippen LogP contribution in [0.1, 0.15) is 25.1 Å². The summed E-state index contributed by atoms with van der Waals surface area (Å²) in [6.45, 7) is 13.4. The van der Waals surface area contributed by atoms with E-state index in [1.54, 1.807) is 0 Å². The second-order valence-electron chi connectivity index (χ2n) is 6.61. The topological polar surface area (TPSA) is 31.4 Å². The number of nitrogens with zero attached hydrogens (tertiary/aromatic N) is 3. The first-order chi connectivity index (χ1) is 10.1. The highest BCUT2D eigenvalue weighted by Gasteiger charge is 2.24. The SMILES string of the molecule is Cc1ccc(CNCC(C(C)C)N2CCN(C)CC2)nc1. The van der Waals surface area contributed by atoms with Crippen molar-refractivity contribution in [2.75, 3.05) is 39.8 Å². The molecule has 1 aromatic heterocycles. The predicted molar refractivity (Wildman–Crippen MR) is 88.4 cm³/mol. The number of aromatic nitrogens is 1. The summed E-state index contributed by atoms with van der Waals surface area (Å²) in [5, 5.41) is 3.59. The van der Waals surface area contributed by atoms with Gasteiger partial charge in [-0.2, -0.15) is 0 Å². The van der Waals surface area contributed by atoms with Gasteiger partial charge in [0.2, 0.25) is 0 Å². The standard InChI is InChI=1S/C17H30N4/c1-14(2)17(21-9-7-20(4)8-10-21)13-18-12-16-6-5-15(3)11-19-16/h5-6,11,14,17-18H,7-10,12-13H2,1-4H3. The summed E-state index contributed by atoms with van der Waals surface area (Å²) in [6, 6.07) is 4.86. The summed E-state index contributed by atoms with van der Waals surface area (Å²) in [5.41, 5.74) is 2.35. The Morgan fingerprint density at radius 3 is 2.48 bits per heavy atom. The fourth-order valence-corrected chi connectivity index (χ4v) is 2.89. The van der Waals surface area contributed by atoms with E-state index in [9.17, 15) is 0 Å². The van der Waals surface area contributed by atoms with Crippen LogP contribution >= 0.6 is 0 Å². The largest absolute Gasteiger partial charge is 0.310 e. The van der Waals surface area contributed by atoms with Gasteiger partial charge in [-0.1, -0.05) is 19.9 Å². The molecule has 0 aromatic carbocycles. The van der Waals surface area contributed by atoms with Crippen LogP contribution in [0.4, 0.5) is 0 Å². The van der Waals surface area contributed by atoms with Crippen LogP contribution in [0.25, 0.3) is 0 Å². The van der Waals surface area contributed by atoms with Gasteiger partial charge in [0.25, 0.3) is 0 Å². The fourth-order valence-electron chi connectivity index (χ4n) is 2.89. The Morgan fingerprint density at radius 1 is 1.19 bits per heavy atom. The molecule has 1 fully saturated rings. The Bertz CT molecular complexity index is 407. The van der Waals surface area contributed by atoms with Gasteiger partial charge in [-0.15, -0.1) is 0 Å². The average molecular weight is 290 g/mol. The van der Waals surface area contributed by atoms with Crippen molar-refractivity contribution in [3.63, 3.8) is 0 Å². The smallest absolute Gasteiger partial charge is 0.0541 e. The second kappa shape index (κ2) is 7.87. The van der Waals surface area contributed by atoms with Crippen molar-refractivity contribution in [3.8, 4) is 0 Å². The van der Waals surface area contributed by atoms with E-state index < -0.39 is 0 Å². The van der Waals surface area contributed by atoms with E-state index in [2.05, 4.69) is 60.1 Å². The molecule has 0 saturated carbocycles. The molecule has 2 heterocycles. The van der Waals surface area contributed by atoms with Gasteiger partial charge in [-0.3, -0.25) is 9.88 Å². The lowest BCUT2D eigenvalue weighted by Gasteiger charge is -2.40. The predicted octanol–water partition coefficient (Wildman–Crippen LogP) is 1.75. The molecule has 0 bridgehead atoms. The first-order valence-electron chi connectivity index (χ1n) is 8.11. The number of likely N-dealkylation sites (N-methyl/N-ethyl adjacent to an activating group) is 1. The molecule has 1 N–H and O–H groups in total. The lowest BCUT2D eigenvalue weighted by Crippen LogP contribution is -2.53. The maximum atomic E-state index is 4.46. The van der Waals surface area contributed by atoms with Crippen LogP contribution in [-0.2, 0) is 6.54 Å². The van der Waals surface area contributed by atoms with Crippen molar-refractivity contribution >= 4 is 0 Å². The third-order valence-corrected chi connectivity index (χ3v) is 4.41. The molecule has 1 aliphatic heterocycles. The van der Waals surface area contributed by atoms with E-state index in [4.69, 9.17) is 0 Å². The van der Waals surface area contributed by atoms with Crippen LogP contribution in [0.2, 0.25) is 0 Å². The van der Waals surface area contributed by atoms with E-state index in [0.29, 0.717) is 12.0 Å². The summed E-state index contributed by atoms with van der Waals surface area (Å²) in [7, 11) is 2.21. The molecular weight excluding hydrogens is 260 g/mol. The van der Waals surface area contributed by atoms with Gasteiger partial charge >= 0.3 is 0 Å². The van der Waals surface area contributed by atoms with E-state index in [0.717, 1.165) is 18.8 Å². The van der Waals surface area contributed by atoms with E-state index >= 15 is 0 Å².